The van der Waals surface area contributed by atoms with E-state index in [9.17, 15) is 9.59 Å². The second-order valence-corrected chi connectivity index (χ2v) is 4.29. The number of amides is 2. The van der Waals surface area contributed by atoms with Crippen LogP contribution in [0.5, 0.6) is 0 Å². The predicted octanol–water partition coefficient (Wildman–Crippen LogP) is 1.31. The van der Waals surface area contributed by atoms with Crippen molar-refractivity contribution in [1.82, 2.24) is 5.32 Å². The van der Waals surface area contributed by atoms with Crippen molar-refractivity contribution in [2.45, 2.75) is 25.8 Å². The molecule has 0 heterocycles. The molecular formula is C13H19N3O3. The summed E-state index contributed by atoms with van der Waals surface area (Å²) in [6.07, 6.45) is -0.270. The number of anilines is 1. The van der Waals surface area contributed by atoms with E-state index in [4.69, 9.17) is 10.8 Å². The lowest BCUT2D eigenvalue weighted by Gasteiger charge is -2.16. The van der Waals surface area contributed by atoms with Crippen molar-refractivity contribution in [2.24, 2.45) is 5.73 Å². The smallest absolute Gasteiger partial charge is 0.405 e. The fourth-order valence-corrected chi connectivity index (χ4v) is 1.61. The van der Waals surface area contributed by atoms with E-state index in [2.05, 4.69) is 10.6 Å². The van der Waals surface area contributed by atoms with E-state index in [-0.39, 0.29) is 5.91 Å². The van der Waals surface area contributed by atoms with Crippen LogP contribution in [0.15, 0.2) is 24.3 Å². The summed E-state index contributed by atoms with van der Waals surface area (Å²) in [7, 11) is 0. The zero-order chi connectivity index (χ0) is 14.3. The molecule has 0 fully saturated rings. The number of benzene rings is 1. The lowest BCUT2D eigenvalue weighted by molar-refractivity contribution is -0.118. The van der Waals surface area contributed by atoms with E-state index >= 15 is 0 Å². The van der Waals surface area contributed by atoms with Crippen LogP contribution in [0.25, 0.3) is 0 Å². The highest BCUT2D eigenvalue weighted by molar-refractivity contribution is 5.96. The second-order valence-electron chi connectivity index (χ2n) is 4.29. The minimum Gasteiger partial charge on any atom is -0.465 e. The Bertz CT molecular complexity index is 431. The summed E-state index contributed by atoms with van der Waals surface area (Å²) in [6.45, 7) is 2.36. The van der Waals surface area contributed by atoms with Crippen molar-refractivity contribution in [1.29, 1.82) is 0 Å². The molecule has 5 N–H and O–H groups in total. The third-order valence-electron chi connectivity index (χ3n) is 2.63. The van der Waals surface area contributed by atoms with Crippen molar-refractivity contribution in [3.05, 3.63) is 29.8 Å². The number of hydrogen-bond donors (Lipinski definition) is 4. The molecule has 0 unspecified atom stereocenters. The average Bonchev–Trinajstić information content (AvgIpc) is 2.36. The number of nitrogens with one attached hydrogen (secondary N) is 2. The molecule has 1 atom stereocenters. The van der Waals surface area contributed by atoms with Crippen LogP contribution in [0.4, 0.5) is 10.5 Å². The summed E-state index contributed by atoms with van der Waals surface area (Å²) in [5.41, 5.74) is 7.09. The van der Waals surface area contributed by atoms with Crippen molar-refractivity contribution < 1.29 is 14.7 Å². The van der Waals surface area contributed by atoms with Gasteiger partial charge in [0.15, 0.2) is 0 Å². The van der Waals surface area contributed by atoms with Crippen molar-refractivity contribution in [2.75, 3.05) is 11.9 Å². The summed E-state index contributed by atoms with van der Waals surface area (Å²) in [5, 5.41) is 13.6. The molecule has 0 saturated carbocycles. The molecule has 19 heavy (non-hydrogen) atoms. The van der Waals surface area contributed by atoms with Crippen LogP contribution in [0, 0.1) is 6.92 Å². The van der Waals surface area contributed by atoms with Gasteiger partial charge in [0.2, 0.25) is 5.91 Å². The Hall–Kier alpha value is -2.08. The molecule has 0 saturated heterocycles. The first-order chi connectivity index (χ1) is 9.02. The number of nitrogens with two attached hydrogens (primary N) is 1. The Kier molecular flexibility index (Phi) is 5.81. The van der Waals surface area contributed by atoms with Gasteiger partial charge in [-0.3, -0.25) is 4.79 Å². The van der Waals surface area contributed by atoms with Crippen LogP contribution < -0.4 is 16.4 Å². The summed E-state index contributed by atoms with van der Waals surface area (Å²) in [4.78, 5) is 22.6. The summed E-state index contributed by atoms with van der Waals surface area (Å²) >= 11 is 0. The van der Waals surface area contributed by atoms with Gasteiger partial charge in [-0.1, -0.05) is 17.7 Å². The summed E-state index contributed by atoms with van der Waals surface area (Å²) in [6, 6.07) is 6.49. The van der Waals surface area contributed by atoms with E-state index in [1.54, 1.807) is 12.1 Å². The molecule has 0 radical (unpaired) electrons. The van der Waals surface area contributed by atoms with Gasteiger partial charge in [0.05, 0.1) is 0 Å². The fourth-order valence-electron chi connectivity index (χ4n) is 1.61. The van der Waals surface area contributed by atoms with E-state index in [1.165, 1.54) is 0 Å². The van der Waals surface area contributed by atoms with Crippen LogP contribution in [0.2, 0.25) is 0 Å². The SMILES string of the molecule is Cc1ccc(NC(=O)[C@H](CCCN)NC(=O)O)cc1. The highest BCUT2D eigenvalue weighted by Gasteiger charge is 2.19. The maximum atomic E-state index is 12.0. The third-order valence-corrected chi connectivity index (χ3v) is 2.63. The van der Waals surface area contributed by atoms with E-state index in [0.717, 1.165) is 5.56 Å². The lowest BCUT2D eigenvalue weighted by Crippen LogP contribution is -2.43. The quantitative estimate of drug-likeness (QED) is 0.622. The zero-order valence-corrected chi connectivity index (χ0v) is 10.8. The predicted molar refractivity (Wildman–Crippen MR) is 73.0 cm³/mol. The van der Waals surface area contributed by atoms with Gasteiger partial charge in [0.1, 0.15) is 6.04 Å². The molecule has 6 heteroatoms. The molecule has 0 aromatic heterocycles. The Balaban J connectivity index is 2.64. The summed E-state index contributed by atoms with van der Waals surface area (Å²) < 4.78 is 0. The van der Waals surface area contributed by atoms with Crippen LogP contribution in [0.1, 0.15) is 18.4 Å². The average molecular weight is 265 g/mol. The minimum absolute atomic E-state index is 0.375. The van der Waals surface area contributed by atoms with Gasteiger partial charge in [0, 0.05) is 5.69 Å². The van der Waals surface area contributed by atoms with Crippen molar-refractivity contribution in [3.8, 4) is 0 Å². The van der Waals surface area contributed by atoms with E-state index in [1.807, 2.05) is 19.1 Å². The second kappa shape index (κ2) is 7.38. The Morgan fingerprint density at radius 3 is 2.47 bits per heavy atom. The largest absolute Gasteiger partial charge is 0.465 e. The Morgan fingerprint density at radius 1 is 1.32 bits per heavy atom. The van der Waals surface area contributed by atoms with Gasteiger partial charge in [-0.2, -0.15) is 0 Å². The minimum atomic E-state index is -1.22. The van der Waals surface area contributed by atoms with Crippen molar-refractivity contribution in [3.63, 3.8) is 0 Å². The Morgan fingerprint density at radius 2 is 1.95 bits per heavy atom. The normalized spacial score (nSPS) is 11.7. The lowest BCUT2D eigenvalue weighted by atomic mass is 10.1. The van der Waals surface area contributed by atoms with Gasteiger partial charge < -0.3 is 21.5 Å². The third kappa shape index (κ3) is 5.39. The van der Waals surface area contributed by atoms with Crippen molar-refractivity contribution >= 4 is 17.7 Å². The zero-order valence-electron chi connectivity index (χ0n) is 10.8. The number of carbonyl (C=O) groups is 2. The van der Waals surface area contributed by atoms with Crippen LogP contribution in [-0.2, 0) is 4.79 Å². The molecule has 0 bridgehead atoms. The van der Waals surface area contributed by atoms with E-state index in [0.29, 0.717) is 25.1 Å². The molecule has 0 aliphatic heterocycles. The van der Waals surface area contributed by atoms with Crippen LogP contribution >= 0.6 is 0 Å². The topological polar surface area (TPSA) is 104 Å². The molecule has 6 nitrogen and oxygen atoms in total. The molecule has 1 aromatic carbocycles. The van der Waals surface area contributed by atoms with Crippen LogP contribution in [-0.4, -0.2) is 29.7 Å². The van der Waals surface area contributed by atoms with Gasteiger partial charge >= 0.3 is 6.09 Å². The van der Waals surface area contributed by atoms with Gasteiger partial charge in [-0.25, -0.2) is 4.79 Å². The first-order valence-electron chi connectivity index (χ1n) is 6.10. The van der Waals surface area contributed by atoms with Gasteiger partial charge in [-0.05, 0) is 38.4 Å². The van der Waals surface area contributed by atoms with Gasteiger partial charge in [0.25, 0.3) is 0 Å². The monoisotopic (exact) mass is 265 g/mol. The first kappa shape index (κ1) is 15.0. The Labute approximate surface area is 112 Å². The molecule has 1 aromatic rings. The molecule has 1 rings (SSSR count). The van der Waals surface area contributed by atoms with Crippen LogP contribution in [0.3, 0.4) is 0 Å². The maximum absolute atomic E-state index is 12.0. The number of carbonyl (C=O) groups excluding carboxylic acids is 1. The van der Waals surface area contributed by atoms with Gasteiger partial charge in [-0.15, -0.1) is 0 Å². The molecule has 0 aliphatic rings. The molecule has 0 spiro atoms. The number of carboxylic acid groups (broad SMARTS) is 1. The number of aryl methyl sites for hydroxylation is 1. The molecule has 2 amide bonds. The first-order valence-corrected chi connectivity index (χ1v) is 6.10. The highest BCUT2D eigenvalue weighted by atomic mass is 16.4. The highest BCUT2D eigenvalue weighted by Crippen LogP contribution is 2.10. The van der Waals surface area contributed by atoms with E-state index < -0.39 is 12.1 Å². The fraction of sp³-hybridized carbons (Fsp3) is 0.385. The number of hydrogen-bond acceptors (Lipinski definition) is 3. The molecular weight excluding hydrogens is 246 g/mol. The molecule has 0 aliphatic carbocycles. The standard InChI is InChI=1S/C13H19N3O3/c1-9-4-6-10(7-5-9)15-12(17)11(3-2-8-14)16-13(18)19/h4-7,11,16H,2-3,8,14H2,1H3,(H,15,17)(H,18,19)/t11-/m0/s1. The number of rotatable bonds is 6. The maximum Gasteiger partial charge on any atom is 0.405 e. The summed E-state index contributed by atoms with van der Waals surface area (Å²) in [5.74, 6) is -0.375. The molecule has 104 valence electrons.